The Labute approximate surface area is 153 Å². The van der Waals surface area contributed by atoms with Gasteiger partial charge in [-0.05, 0) is 36.4 Å². The standard InChI is InChI=1S/C17H12ClN3O2S2/c18-13-3-7-15(8-4-13)25(22,23)20-14-5-1-12(2-6-14)16-11-21-9-10-24-17(21)19-16/h1-11,20H. The minimum Gasteiger partial charge on any atom is -0.297 e. The second kappa shape index (κ2) is 6.18. The molecule has 0 atom stereocenters. The van der Waals surface area contributed by atoms with Gasteiger partial charge in [0, 0.05) is 34.0 Å². The fraction of sp³-hybridized carbons (Fsp3) is 0. The molecule has 4 rings (SSSR count). The van der Waals surface area contributed by atoms with Crippen LogP contribution in [0, 0.1) is 0 Å². The molecule has 5 nitrogen and oxygen atoms in total. The molecule has 0 spiro atoms. The Balaban J connectivity index is 1.57. The first-order chi connectivity index (χ1) is 12.0. The summed E-state index contributed by atoms with van der Waals surface area (Å²) in [5.74, 6) is 0. The summed E-state index contributed by atoms with van der Waals surface area (Å²) in [5, 5.41) is 2.46. The maximum atomic E-state index is 12.4. The lowest BCUT2D eigenvalue weighted by Gasteiger charge is -2.08. The van der Waals surface area contributed by atoms with E-state index in [0.717, 1.165) is 16.2 Å². The Morgan fingerprint density at radius 2 is 1.76 bits per heavy atom. The van der Waals surface area contributed by atoms with Gasteiger partial charge >= 0.3 is 0 Å². The number of nitrogens with zero attached hydrogens (tertiary/aromatic N) is 2. The Kier molecular flexibility index (Phi) is 3.99. The van der Waals surface area contributed by atoms with E-state index in [2.05, 4.69) is 9.71 Å². The Morgan fingerprint density at radius 3 is 2.44 bits per heavy atom. The minimum atomic E-state index is -3.65. The fourth-order valence-corrected chi connectivity index (χ4v) is 4.29. The maximum absolute atomic E-state index is 12.4. The summed E-state index contributed by atoms with van der Waals surface area (Å²) in [6, 6.07) is 13.1. The second-order valence-electron chi connectivity index (χ2n) is 5.36. The van der Waals surface area contributed by atoms with Crippen molar-refractivity contribution in [2.75, 3.05) is 4.72 Å². The van der Waals surface area contributed by atoms with E-state index in [1.807, 2.05) is 34.3 Å². The highest BCUT2D eigenvalue weighted by Gasteiger charge is 2.14. The molecule has 0 aliphatic carbocycles. The smallest absolute Gasteiger partial charge is 0.261 e. The SMILES string of the molecule is O=S(=O)(Nc1ccc(-c2cn3ccsc3n2)cc1)c1ccc(Cl)cc1. The summed E-state index contributed by atoms with van der Waals surface area (Å²) in [4.78, 5) is 5.61. The molecule has 1 N–H and O–H groups in total. The van der Waals surface area contributed by atoms with E-state index >= 15 is 0 Å². The van der Waals surface area contributed by atoms with E-state index in [9.17, 15) is 8.42 Å². The number of anilines is 1. The van der Waals surface area contributed by atoms with Crippen molar-refractivity contribution in [1.29, 1.82) is 0 Å². The molecule has 0 radical (unpaired) electrons. The maximum Gasteiger partial charge on any atom is 0.261 e. The summed E-state index contributed by atoms with van der Waals surface area (Å²) in [6.45, 7) is 0. The quantitative estimate of drug-likeness (QED) is 0.558. The number of hydrogen-bond donors (Lipinski definition) is 1. The van der Waals surface area contributed by atoms with Gasteiger partial charge in [0.05, 0.1) is 10.6 Å². The summed E-state index contributed by atoms with van der Waals surface area (Å²) in [5.41, 5.74) is 2.25. The third-order valence-electron chi connectivity index (χ3n) is 3.65. The van der Waals surface area contributed by atoms with Gasteiger partial charge in [-0.25, -0.2) is 13.4 Å². The van der Waals surface area contributed by atoms with Crippen LogP contribution in [-0.4, -0.2) is 17.8 Å². The lowest BCUT2D eigenvalue weighted by Crippen LogP contribution is -2.12. The molecule has 0 amide bonds. The summed E-state index contributed by atoms with van der Waals surface area (Å²) >= 11 is 7.36. The number of rotatable bonds is 4. The van der Waals surface area contributed by atoms with Crippen LogP contribution < -0.4 is 4.72 Å². The van der Waals surface area contributed by atoms with Crippen LogP contribution in [-0.2, 0) is 10.0 Å². The lowest BCUT2D eigenvalue weighted by atomic mass is 10.1. The number of imidazole rings is 1. The number of fused-ring (bicyclic) bond motifs is 1. The van der Waals surface area contributed by atoms with Crippen molar-refractivity contribution in [2.24, 2.45) is 0 Å². The summed E-state index contributed by atoms with van der Waals surface area (Å²) < 4.78 is 29.3. The Hall–Kier alpha value is -2.35. The van der Waals surface area contributed by atoms with Crippen LogP contribution >= 0.6 is 22.9 Å². The number of hydrogen-bond acceptors (Lipinski definition) is 4. The molecule has 0 saturated carbocycles. The zero-order valence-electron chi connectivity index (χ0n) is 12.8. The number of nitrogens with one attached hydrogen (secondary N) is 1. The third kappa shape index (κ3) is 3.26. The van der Waals surface area contributed by atoms with Gasteiger partial charge in [-0.1, -0.05) is 23.7 Å². The first-order valence-corrected chi connectivity index (χ1v) is 10.1. The van der Waals surface area contributed by atoms with Gasteiger partial charge in [0.1, 0.15) is 0 Å². The van der Waals surface area contributed by atoms with Gasteiger partial charge in [-0.3, -0.25) is 9.12 Å². The minimum absolute atomic E-state index is 0.162. The van der Waals surface area contributed by atoms with Gasteiger partial charge in [-0.15, -0.1) is 11.3 Å². The van der Waals surface area contributed by atoms with Crippen LogP contribution in [0.4, 0.5) is 5.69 Å². The third-order valence-corrected chi connectivity index (χ3v) is 6.07. The molecule has 0 aliphatic heterocycles. The number of thiazole rings is 1. The van der Waals surface area contributed by atoms with E-state index in [1.165, 1.54) is 12.1 Å². The second-order valence-corrected chi connectivity index (χ2v) is 8.35. The van der Waals surface area contributed by atoms with Crippen LogP contribution in [0.1, 0.15) is 0 Å². The molecule has 4 aromatic rings. The molecular weight excluding hydrogens is 378 g/mol. The highest BCUT2D eigenvalue weighted by Crippen LogP contribution is 2.24. The van der Waals surface area contributed by atoms with Crippen LogP contribution in [0.2, 0.25) is 5.02 Å². The molecule has 8 heteroatoms. The molecule has 0 fully saturated rings. The molecule has 0 bridgehead atoms. The highest BCUT2D eigenvalue weighted by molar-refractivity contribution is 7.92. The van der Waals surface area contributed by atoms with Crippen molar-refractivity contribution < 1.29 is 8.42 Å². The van der Waals surface area contributed by atoms with Gasteiger partial charge in [0.2, 0.25) is 0 Å². The highest BCUT2D eigenvalue weighted by atomic mass is 35.5. The Morgan fingerprint density at radius 1 is 1.04 bits per heavy atom. The molecule has 126 valence electrons. The van der Waals surface area contributed by atoms with Crippen molar-refractivity contribution in [3.63, 3.8) is 0 Å². The van der Waals surface area contributed by atoms with Gasteiger partial charge in [0.15, 0.2) is 4.96 Å². The topological polar surface area (TPSA) is 63.5 Å². The van der Waals surface area contributed by atoms with Crippen molar-refractivity contribution >= 4 is 43.6 Å². The normalized spacial score (nSPS) is 11.7. The number of aromatic nitrogens is 2. The molecule has 0 saturated heterocycles. The molecule has 25 heavy (non-hydrogen) atoms. The fourth-order valence-electron chi connectivity index (χ4n) is 2.40. The van der Waals surface area contributed by atoms with Crippen LogP contribution in [0.15, 0.2) is 71.2 Å². The monoisotopic (exact) mass is 389 g/mol. The van der Waals surface area contributed by atoms with E-state index in [-0.39, 0.29) is 4.90 Å². The number of benzene rings is 2. The number of halogens is 1. The molecule has 2 heterocycles. The van der Waals surface area contributed by atoms with Crippen molar-refractivity contribution in [3.05, 3.63) is 71.3 Å². The Bertz CT molecular complexity index is 1100. The van der Waals surface area contributed by atoms with Crippen LogP contribution in [0.5, 0.6) is 0 Å². The zero-order valence-corrected chi connectivity index (χ0v) is 15.1. The predicted molar refractivity (Wildman–Crippen MR) is 101 cm³/mol. The number of sulfonamides is 1. The predicted octanol–water partition coefficient (Wildman–Crippen LogP) is 4.52. The summed E-state index contributed by atoms with van der Waals surface area (Å²) in [6.07, 6.45) is 3.89. The van der Waals surface area contributed by atoms with Crippen molar-refractivity contribution in [1.82, 2.24) is 9.38 Å². The summed E-state index contributed by atoms with van der Waals surface area (Å²) in [7, 11) is -3.65. The largest absolute Gasteiger partial charge is 0.297 e. The van der Waals surface area contributed by atoms with E-state index in [1.54, 1.807) is 35.6 Å². The average Bonchev–Trinajstić information content (AvgIpc) is 3.17. The molecule has 2 aromatic heterocycles. The van der Waals surface area contributed by atoms with E-state index in [4.69, 9.17) is 11.6 Å². The molecule has 2 aromatic carbocycles. The molecular formula is C17H12ClN3O2S2. The van der Waals surface area contributed by atoms with E-state index < -0.39 is 10.0 Å². The van der Waals surface area contributed by atoms with E-state index in [0.29, 0.717) is 10.7 Å². The van der Waals surface area contributed by atoms with Gasteiger partial charge in [-0.2, -0.15) is 0 Å². The zero-order chi connectivity index (χ0) is 17.4. The van der Waals surface area contributed by atoms with Crippen molar-refractivity contribution in [2.45, 2.75) is 4.90 Å². The van der Waals surface area contributed by atoms with Crippen molar-refractivity contribution in [3.8, 4) is 11.3 Å². The molecule has 0 aliphatic rings. The van der Waals surface area contributed by atoms with Gasteiger partial charge in [0.25, 0.3) is 10.0 Å². The lowest BCUT2D eigenvalue weighted by molar-refractivity contribution is 0.601. The van der Waals surface area contributed by atoms with Crippen LogP contribution in [0.25, 0.3) is 16.2 Å². The first-order valence-electron chi connectivity index (χ1n) is 7.32. The van der Waals surface area contributed by atoms with Crippen LogP contribution in [0.3, 0.4) is 0 Å². The molecule has 0 unspecified atom stereocenters. The average molecular weight is 390 g/mol. The first kappa shape index (κ1) is 16.1. The van der Waals surface area contributed by atoms with Gasteiger partial charge < -0.3 is 0 Å².